The first-order valence-electron chi connectivity index (χ1n) is 14.3. The van der Waals surface area contributed by atoms with Crippen molar-refractivity contribution >= 4 is 29.8 Å². The molecule has 1 aromatic carbocycles. The standard InChI is InChI=1S/C27H37N9O6/c1-4-9-34-13-18(37)35(24(34)39)11-16-20-26(33-22(28)32-20)27(40,41)17(12-36(26)23(29)30-16)31-21(38)14-6-5-7-15-19(14)42-10-8-25(15,2)3/h5-7,16-17,20,40-41H,4,8-13H2,1-3H3,(H6,28,29,30,31,32,33,38)/p+2/t16-,17?,20-,26?/m0/s1. The van der Waals surface area contributed by atoms with Gasteiger partial charge in [-0.25, -0.2) is 14.7 Å². The summed E-state index contributed by atoms with van der Waals surface area (Å²) in [4.78, 5) is 45.0. The van der Waals surface area contributed by atoms with E-state index in [-0.39, 0.29) is 48.4 Å². The number of carbonyl (C=O) groups excluding carboxylic acids is 3. The molecule has 0 aliphatic carbocycles. The number of carbonyl (C=O) groups is 3. The lowest BCUT2D eigenvalue weighted by Gasteiger charge is -2.41. The molecular weight excluding hydrogens is 546 g/mol. The van der Waals surface area contributed by atoms with E-state index in [1.807, 2.05) is 13.0 Å². The van der Waals surface area contributed by atoms with Gasteiger partial charge in [-0.15, -0.1) is 0 Å². The summed E-state index contributed by atoms with van der Waals surface area (Å²) in [6.07, 6.45) is 1.50. The van der Waals surface area contributed by atoms with Gasteiger partial charge in [-0.05, 0) is 24.3 Å². The van der Waals surface area contributed by atoms with Crippen LogP contribution in [0.2, 0.25) is 0 Å². The molecule has 0 saturated carbocycles. The maximum atomic E-state index is 13.6. The number of aliphatic hydroxyl groups is 2. The van der Waals surface area contributed by atoms with Crippen LogP contribution in [0.25, 0.3) is 0 Å². The smallest absolute Gasteiger partial charge is 0.347 e. The molecule has 4 atom stereocenters. The van der Waals surface area contributed by atoms with Crippen molar-refractivity contribution in [3.8, 4) is 5.75 Å². The van der Waals surface area contributed by atoms with Crippen LogP contribution < -0.4 is 37.1 Å². The lowest BCUT2D eigenvalue weighted by Crippen LogP contribution is -2.92. The number of rotatable bonds is 6. The summed E-state index contributed by atoms with van der Waals surface area (Å²) in [5, 5.41) is 32.5. The second-order valence-corrected chi connectivity index (χ2v) is 12.3. The highest BCUT2D eigenvalue weighted by Gasteiger charge is 2.78. The number of imide groups is 1. The van der Waals surface area contributed by atoms with Crippen molar-refractivity contribution in [3.63, 3.8) is 0 Å². The molecule has 0 aromatic heterocycles. The third kappa shape index (κ3) is 3.90. The Morgan fingerprint density at radius 1 is 1.29 bits per heavy atom. The molecule has 5 aliphatic rings. The Labute approximate surface area is 242 Å². The summed E-state index contributed by atoms with van der Waals surface area (Å²) in [5.41, 5.74) is 11.8. The van der Waals surface area contributed by atoms with Gasteiger partial charge in [0.15, 0.2) is 6.04 Å². The quantitative estimate of drug-likeness (QED) is 0.0912. The molecule has 6 rings (SSSR count). The molecular formula is C27H39N9O6+2. The average Bonchev–Trinajstić information content (AvgIpc) is 3.49. The number of guanidine groups is 2. The fourth-order valence-electron chi connectivity index (χ4n) is 6.99. The molecule has 5 aliphatic heterocycles. The average molecular weight is 586 g/mol. The Balaban J connectivity index is 1.30. The van der Waals surface area contributed by atoms with Crippen molar-refractivity contribution in [3.05, 3.63) is 29.3 Å². The SMILES string of the molecule is CCCN1CC(=O)N(C[C@@H]2NC(N)=[N+]3CC(NC(=O)c4cccc5c4OCCC5(C)C)C(O)(O)C34NC(N)=[NH+][C@@H]24)C1=O. The number of ether oxygens (including phenoxy) is 1. The molecule has 4 amide bonds. The van der Waals surface area contributed by atoms with E-state index >= 15 is 0 Å². The fourth-order valence-corrected chi connectivity index (χ4v) is 6.99. The van der Waals surface area contributed by atoms with Crippen molar-refractivity contribution in [2.45, 2.75) is 68.6 Å². The van der Waals surface area contributed by atoms with Crippen LogP contribution in [-0.2, 0) is 10.2 Å². The molecule has 2 unspecified atom stereocenters. The summed E-state index contributed by atoms with van der Waals surface area (Å²) >= 11 is 0. The highest BCUT2D eigenvalue weighted by Crippen LogP contribution is 2.41. The Morgan fingerprint density at radius 3 is 2.79 bits per heavy atom. The van der Waals surface area contributed by atoms with Crippen LogP contribution in [0.5, 0.6) is 5.75 Å². The number of urea groups is 1. The van der Waals surface area contributed by atoms with E-state index in [2.05, 4.69) is 34.8 Å². The maximum Gasteiger partial charge on any atom is 0.347 e. The first kappa shape index (κ1) is 28.0. The molecule has 10 N–H and O–H groups in total. The highest BCUT2D eigenvalue weighted by molar-refractivity contribution is 6.02. The van der Waals surface area contributed by atoms with Crippen molar-refractivity contribution in [1.82, 2.24) is 25.8 Å². The minimum atomic E-state index is -2.62. The van der Waals surface area contributed by atoms with Gasteiger partial charge in [-0.1, -0.05) is 32.9 Å². The summed E-state index contributed by atoms with van der Waals surface area (Å²) in [7, 11) is 0. The molecule has 1 spiro atoms. The predicted molar refractivity (Wildman–Crippen MR) is 148 cm³/mol. The summed E-state index contributed by atoms with van der Waals surface area (Å²) < 4.78 is 7.41. The molecule has 0 bridgehead atoms. The lowest BCUT2D eigenvalue weighted by molar-refractivity contribution is -0.674. The highest BCUT2D eigenvalue weighted by atomic mass is 16.5. The number of amides is 4. The number of hydrogen-bond acceptors (Lipinski definition) is 10. The Kier molecular flexibility index (Phi) is 6.31. The molecule has 15 heteroatoms. The zero-order valence-electron chi connectivity index (χ0n) is 23.9. The number of nitrogens with one attached hydrogen (secondary N) is 4. The summed E-state index contributed by atoms with van der Waals surface area (Å²) in [6, 6.07) is 2.07. The normalized spacial score (nSPS) is 30.6. The minimum Gasteiger partial charge on any atom is -0.492 e. The Bertz CT molecular complexity index is 1420. The lowest BCUT2D eigenvalue weighted by atomic mass is 9.79. The van der Waals surface area contributed by atoms with E-state index in [0.29, 0.717) is 25.3 Å². The minimum absolute atomic E-state index is 0.0252. The number of benzene rings is 1. The van der Waals surface area contributed by atoms with Gasteiger partial charge in [-0.3, -0.25) is 36.3 Å². The number of nitrogens with two attached hydrogens (primary N) is 2. The largest absolute Gasteiger partial charge is 0.492 e. The summed E-state index contributed by atoms with van der Waals surface area (Å²) in [5.74, 6) is -2.93. The molecule has 15 nitrogen and oxygen atoms in total. The molecule has 0 radical (unpaired) electrons. The van der Waals surface area contributed by atoms with Crippen LogP contribution in [0.1, 0.15) is 49.5 Å². The van der Waals surface area contributed by atoms with E-state index in [1.165, 1.54) is 9.48 Å². The van der Waals surface area contributed by atoms with Crippen LogP contribution in [0.3, 0.4) is 0 Å². The Hall–Kier alpha value is -4.11. The molecule has 2 saturated heterocycles. The van der Waals surface area contributed by atoms with Crippen molar-refractivity contribution < 1.29 is 38.9 Å². The third-order valence-corrected chi connectivity index (χ3v) is 9.22. The van der Waals surface area contributed by atoms with Gasteiger partial charge in [0.2, 0.25) is 5.91 Å². The van der Waals surface area contributed by atoms with Crippen molar-refractivity contribution in [2.75, 3.05) is 32.8 Å². The monoisotopic (exact) mass is 585 g/mol. The molecule has 1 aromatic rings. The van der Waals surface area contributed by atoms with Gasteiger partial charge in [-0.2, -0.15) is 0 Å². The molecule has 226 valence electrons. The fraction of sp³-hybridized carbons (Fsp3) is 0.593. The van der Waals surface area contributed by atoms with Crippen LogP contribution >= 0.6 is 0 Å². The van der Waals surface area contributed by atoms with Gasteiger partial charge < -0.3 is 25.2 Å². The number of hydrogen-bond donors (Lipinski definition) is 8. The molecule has 5 heterocycles. The van der Waals surface area contributed by atoms with Gasteiger partial charge in [0, 0.05) is 12.1 Å². The van der Waals surface area contributed by atoms with Crippen molar-refractivity contribution in [2.24, 2.45) is 11.5 Å². The van der Waals surface area contributed by atoms with Gasteiger partial charge in [0.05, 0.1) is 25.3 Å². The van der Waals surface area contributed by atoms with E-state index < -0.39 is 41.5 Å². The summed E-state index contributed by atoms with van der Waals surface area (Å²) in [6.45, 7) is 6.78. The first-order valence-corrected chi connectivity index (χ1v) is 14.3. The van der Waals surface area contributed by atoms with E-state index in [4.69, 9.17) is 16.2 Å². The third-order valence-electron chi connectivity index (χ3n) is 9.22. The van der Waals surface area contributed by atoms with Crippen LogP contribution in [0.4, 0.5) is 4.79 Å². The van der Waals surface area contributed by atoms with E-state index in [0.717, 1.165) is 16.9 Å². The van der Waals surface area contributed by atoms with Gasteiger partial charge >= 0.3 is 18.0 Å². The van der Waals surface area contributed by atoms with Crippen molar-refractivity contribution in [1.29, 1.82) is 0 Å². The Morgan fingerprint density at radius 2 is 2.05 bits per heavy atom. The van der Waals surface area contributed by atoms with E-state index in [9.17, 15) is 24.6 Å². The second-order valence-electron chi connectivity index (χ2n) is 12.3. The maximum absolute atomic E-state index is 13.6. The molecule has 2 fully saturated rings. The number of nitrogens with zero attached hydrogens (tertiary/aromatic N) is 3. The predicted octanol–water partition coefficient (Wildman–Crippen LogP) is -4.42. The molecule has 42 heavy (non-hydrogen) atoms. The van der Waals surface area contributed by atoms with Crippen LogP contribution in [-0.4, -0.2) is 117 Å². The zero-order valence-corrected chi connectivity index (χ0v) is 23.9. The zero-order chi connectivity index (χ0) is 30.2. The van der Waals surface area contributed by atoms with Gasteiger partial charge in [0.25, 0.3) is 17.4 Å². The van der Waals surface area contributed by atoms with Crippen LogP contribution in [0, 0.1) is 0 Å². The topological polar surface area (TPSA) is 212 Å². The van der Waals surface area contributed by atoms with Crippen LogP contribution in [0.15, 0.2) is 18.2 Å². The number of para-hydroxylation sites is 1. The first-order chi connectivity index (χ1) is 19.8. The van der Waals surface area contributed by atoms with Gasteiger partial charge in [0.1, 0.15) is 24.4 Å². The number of fused-ring (bicyclic) bond motifs is 1. The second kappa shape index (κ2) is 9.46. The van der Waals surface area contributed by atoms with E-state index in [1.54, 1.807) is 12.1 Å².